The monoisotopic (exact) mass is 845 g/mol. The highest BCUT2D eigenvalue weighted by atomic mass is 16.6. The van der Waals surface area contributed by atoms with Crippen LogP contribution < -0.4 is 16.8 Å². The van der Waals surface area contributed by atoms with E-state index in [9.17, 15) is 14.9 Å². The number of nitriles is 1. The van der Waals surface area contributed by atoms with Crippen molar-refractivity contribution in [2.45, 2.75) is 146 Å². The van der Waals surface area contributed by atoms with Crippen LogP contribution in [-0.2, 0) is 9.47 Å². The van der Waals surface area contributed by atoms with Crippen LogP contribution in [0.15, 0.2) is 91.0 Å². The van der Waals surface area contributed by atoms with Crippen LogP contribution in [0.2, 0.25) is 0 Å². The molecule has 5 N–H and O–H groups in total. The Kier molecular flexibility index (Phi) is 13.5. The van der Waals surface area contributed by atoms with E-state index >= 15 is 0 Å². The predicted octanol–water partition coefficient (Wildman–Crippen LogP) is 9.47. The molecule has 0 heterocycles. The zero-order chi connectivity index (χ0) is 44.3. The van der Waals surface area contributed by atoms with Gasteiger partial charge in [-0.05, 0) is 135 Å². The summed E-state index contributed by atoms with van der Waals surface area (Å²) in [6.45, 7) is 15.2. The van der Waals surface area contributed by atoms with Crippen molar-refractivity contribution in [3.8, 4) is 6.07 Å². The Morgan fingerprint density at radius 3 is 1.39 bits per heavy atom. The van der Waals surface area contributed by atoms with Crippen LogP contribution in [0.1, 0.15) is 134 Å². The number of nitrogens with zero attached hydrogens (tertiary/aromatic N) is 3. The summed E-state index contributed by atoms with van der Waals surface area (Å²) in [6, 6.07) is 35.0. The van der Waals surface area contributed by atoms with Crippen LogP contribution in [-0.4, -0.2) is 84.0 Å². The molecule has 10 heteroatoms. The number of benzene rings is 3. The predicted molar refractivity (Wildman–Crippen MR) is 245 cm³/mol. The van der Waals surface area contributed by atoms with Gasteiger partial charge < -0.3 is 36.1 Å². The Bertz CT molecular complexity index is 2000. The minimum Gasteiger partial charge on any atom is -0.444 e. The molecule has 334 valence electrons. The van der Waals surface area contributed by atoms with E-state index in [2.05, 4.69) is 78.1 Å². The van der Waals surface area contributed by atoms with E-state index in [1.165, 1.54) is 36.0 Å². The van der Waals surface area contributed by atoms with E-state index in [0.717, 1.165) is 64.1 Å². The number of hydrogen-bond acceptors (Lipinski definition) is 8. The number of rotatable bonds is 14. The maximum atomic E-state index is 12.7. The van der Waals surface area contributed by atoms with Crippen molar-refractivity contribution in [1.29, 1.82) is 5.26 Å². The Labute approximate surface area is 371 Å². The molecule has 0 bridgehead atoms. The Morgan fingerprint density at radius 1 is 0.629 bits per heavy atom. The van der Waals surface area contributed by atoms with E-state index in [0.29, 0.717) is 36.4 Å². The van der Waals surface area contributed by atoms with Gasteiger partial charge in [-0.15, -0.1) is 0 Å². The molecule has 6 saturated carbocycles. The average Bonchev–Trinajstić information content (AvgIpc) is 4.04. The third-order valence-electron chi connectivity index (χ3n) is 13.6. The van der Waals surface area contributed by atoms with Crippen LogP contribution in [0.4, 0.5) is 9.59 Å². The quantitative estimate of drug-likeness (QED) is 0.146. The summed E-state index contributed by atoms with van der Waals surface area (Å²) in [5, 5.41) is 13.1. The maximum absolute atomic E-state index is 12.7. The number of nitrogens with two attached hydrogens (primary N) is 2. The number of ether oxygens (including phenoxy) is 2. The highest BCUT2D eigenvalue weighted by Gasteiger charge is 2.53. The number of nitrogens with one attached hydrogen (secondary N) is 1. The molecule has 62 heavy (non-hydrogen) atoms. The molecule has 0 aromatic heterocycles. The zero-order valence-corrected chi connectivity index (χ0v) is 38.2. The van der Waals surface area contributed by atoms with Crippen molar-refractivity contribution in [2.75, 3.05) is 32.7 Å². The molecule has 0 saturated heterocycles. The van der Waals surface area contributed by atoms with Crippen LogP contribution >= 0.6 is 0 Å². The number of carbonyl (C=O) groups excluding carboxylic acids is 2. The summed E-state index contributed by atoms with van der Waals surface area (Å²) in [5.41, 5.74) is 15.0. The second-order valence-corrected chi connectivity index (χ2v) is 21.4. The van der Waals surface area contributed by atoms with Gasteiger partial charge in [-0.3, -0.25) is 0 Å². The minimum absolute atomic E-state index is 0.126. The summed E-state index contributed by atoms with van der Waals surface area (Å²) < 4.78 is 11.2. The van der Waals surface area contributed by atoms with Crippen molar-refractivity contribution in [2.24, 2.45) is 27.7 Å². The van der Waals surface area contributed by atoms with Gasteiger partial charge in [0.2, 0.25) is 0 Å². The topological polar surface area (TPSA) is 147 Å². The molecule has 6 atom stereocenters. The first kappa shape index (κ1) is 45.6. The van der Waals surface area contributed by atoms with Gasteiger partial charge in [0, 0.05) is 60.9 Å². The van der Waals surface area contributed by atoms with Crippen LogP contribution in [0, 0.1) is 27.6 Å². The molecular formula is C52H72N6O4. The van der Waals surface area contributed by atoms with Crippen molar-refractivity contribution in [3.05, 3.63) is 108 Å². The molecule has 9 rings (SSSR count). The first-order chi connectivity index (χ1) is 29.5. The maximum Gasteiger partial charge on any atom is 0.410 e. The molecule has 3 aromatic rings. The second kappa shape index (κ2) is 18.3. The van der Waals surface area contributed by atoms with Crippen LogP contribution in [0.3, 0.4) is 0 Å². The fraction of sp³-hybridized carbons (Fsp3) is 0.596. The van der Waals surface area contributed by atoms with Gasteiger partial charge in [-0.1, -0.05) is 91.0 Å². The molecule has 0 unspecified atom stereocenters. The van der Waals surface area contributed by atoms with Crippen LogP contribution in [0.25, 0.3) is 0 Å². The SMILES string of the molecule is CC(C)(C)OC(=O)N(CC1(C#N)CC1)[C@@H]1C[C@H]1c1ccccc1.CC(C)(C)OC(=O)N(CC1(CN)CC1)[C@@H]1C[C@H]1c1ccccc1.NCC1(CN[C@@H]2C[C@H]2c2ccccc2)CC1. The van der Waals surface area contributed by atoms with Gasteiger partial charge in [0.1, 0.15) is 11.2 Å². The third-order valence-corrected chi connectivity index (χ3v) is 13.6. The average molecular weight is 845 g/mol. The summed E-state index contributed by atoms with van der Waals surface area (Å²) in [7, 11) is 0. The van der Waals surface area contributed by atoms with Gasteiger partial charge in [0.25, 0.3) is 0 Å². The number of hydrogen-bond donors (Lipinski definition) is 3. The third kappa shape index (κ3) is 12.4. The van der Waals surface area contributed by atoms with Crippen molar-refractivity contribution in [1.82, 2.24) is 15.1 Å². The molecule has 2 amide bonds. The largest absolute Gasteiger partial charge is 0.444 e. The Balaban J connectivity index is 0.000000142. The van der Waals surface area contributed by atoms with E-state index in [1.807, 2.05) is 70.7 Å². The molecule has 6 fully saturated rings. The first-order valence-corrected chi connectivity index (χ1v) is 23.2. The first-order valence-electron chi connectivity index (χ1n) is 23.2. The van der Waals surface area contributed by atoms with E-state index in [1.54, 1.807) is 4.90 Å². The Morgan fingerprint density at radius 2 is 1.03 bits per heavy atom. The standard InChI is InChI=1S/C19H28N2O2.C19H24N2O2.C14H20N2/c2*1-18(2,3)23-17(22)21(13-19(12-20)9-10-19)16-11-15(16)14-7-5-4-6-8-14;15-9-14(6-7-14)10-16-13-8-12(13)11-4-2-1-3-5-11/h4-8,15-16H,9-13,20H2,1-3H3;4-8,15-16H,9-11,13H2,1-3H3;1-5,12-13,16H,6-10,15H2/t2*15-,16+;12-,13+/m000/s1. The minimum atomic E-state index is -0.518. The summed E-state index contributed by atoms with van der Waals surface area (Å²) in [6.07, 6.45) is 9.41. The second-order valence-electron chi connectivity index (χ2n) is 21.4. The number of amides is 2. The summed E-state index contributed by atoms with van der Waals surface area (Å²) in [5.74, 6) is 1.53. The van der Waals surface area contributed by atoms with Gasteiger partial charge in [-0.25, -0.2) is 9.59 Å². The molecule has 0 aliphatic heterocycles. The lowest BCUT2D eigenvalue weighted by molar-refractivity contribution is 0.0185. The Hall–Kier alpha value is -4.43. The van der Waals surface area contributed by atoms with Crippen molar-refractivity contribution < 1.29 is 19.1 Å². The molecular weight excluding hydrogens is 773 g/mol. The van der Waals surface area contributed by atoms with Gasteiger partial charge >= 0.3 is 12.2 Å². The zero-order valence-electron chi connectivity index (χ0n) is 38.2. The molecule has 6 aliphatic rings. The lowest BCUT2D eigenvalue weighted by atomic mass is 10.1. The lowest BCUT2D eigenvalue weighted by Crippen LogP contribution is -2.43. The molecule has 6 aliphatic carbocycles. The summed E-state index contributed by atoms with van der Waals surface area (Å²) in [4.78, 5) is 29.1. The van der Waals surface area contributed by atoms with Crippen molar-refractivity contribution in [3.63, 3.8) is 0 Å². The molecule has 0 radical (unpaired) electrons. The molecule has 3 aromatic carbocycles. The summed E-state index contributed by atoms with van der Waals surface area (Å²) >= 11 is 0. The van der Waals surface area contributed by atoms with E-state index < -0.39 is 11.2 Å². The number of carbonyl (C=O) groups is 2. The van der Waals surface area contributed by atoms with E-state index in [-0.39, 0.29) is 35.1 Å². The van der Waals surface area contributed by atoms with Gasteiger partial charge in [0.05, 0.1) is 11.5 Å². The fourth-order valence-corrected chi connectivity index (χ4v) is 8.66. The highest BCUT2D eigenvalue weighted by molar-refractivity contribution is 5.70. The normalized spacial score (nSPS) is 26.0. The van der Waals surface area contributed by atoms with Crippen LogP contribution in [0.5, 0.6) is 0 Å². The lowest BCUT2D eigenvalue weighted by Gasteiger charge is -2.30. The smallest absolute Gasteiger partial charge is 0.410 e. The van der Waals surface area contributed by atoms with Gasteiger partial charge in [-0.2, -0.15) is 5.26 Å². The van der Waals surface area contributed by atoms with Gasteiger partial charge in [0.15, 0.2) is 0 Å². The molecule has 10 nitrogen and oxygen atoms in total. The highest BCUT2D eigenvalue weighted by Crippen LogP contribution is 2.52. The van der Waals surface area contributed by atoms with Crippen molar-refractivity contribution >= 4 is 12.2 Å². The fourth-order valence-electron chi connectivity index (χ4n) is 8.66. The molecule has 0 spiro atoms. The van der Waals surface area contributed by atoms with E-state index in [4.69, 9.17) is 20.9 Å².